The van der Waals surface area contributed by atoms with E-state index in [1.54, 1.807) is 26.0 Å². The molecule has 1 saturated carbocycles. The Morgan fingerprint density at radius 1 is 1.03 bits per heavy atom. The molecule has 4 unspecified atom stereocenters. The predicted molar refractivity (Wildman–Crippen MR) is 134 cm³/mol. The molecule has 190 valence electrons. The average molecular weight is 491 g/mol. The second-order valence-electron chi connectivity index (χ2n) is 10.9. The summed E-state index contributed by atoms with van der Waals surface area (Å²) in [5.41, 5.74) is 1.35. The van der Waals surface area contributed by atoms with Crippen molar-refractivity contribution in [2.75, 3.05) is 0 Å². The van der Waals surface area contributed by atoms with Crippen molar-refractivity contribution < 1.29 is 24.6 Å². The molecule has 2 aromatic rings. The van der Waals surface area contributed by atoms with E-state index < -0.39 is 35.3 Å². The molecule has 2 saturated heterocycles. The Kier molecular flexibility index (Phi) is 6.37. The molecule has 0 radical (unpaired) electrons. The molecular formula is C29H34N2O5. The number of hydrogen-bond donors (Lipinski definition) is 3. The van der Waals surface area contributed by atoms with Crippen LogP contribution in [-0.4, -0.2) is 38.4 Å². The molecule has 2 aromatic carbocycles. The number of aliphatic carboxylic acids is 1. The third-order valence-corrected chi connectivity index (χ3v) is 8.52. The van der Waals surface area contributed by atoms with Gasteiger partial charge in [0.25, 0.3) is 0 Å². The van der Waals surface area contributed by atoms with Gasteiger partial charge in [0, 0.05) is 6.04 Å². The van der Waals surface area contributed by atoms with Crippen LogP contribution < -0.4 is 5.32 Å². The summed E-state index contributed by atoms with van der Waals surface area (Å²) in [4.78, 5) is 42.0. The summed E-state index contributed by atoms with van der Waals surface area (Å²) >= 11 is 0. The Bertz CT molecular complexity index is 1170. The number of likely N-dealkylation sites (tertiary alicyclic amines) is 1. The van der Waals surface area contributed by atoms with Crippen molar-refractivity contribution in [3.8, 4) is 5.75 Å². The molecular weight excluding hydrogens is 456 g/mol. The van der Waals surface area contributed by atoms with Crippen LogP contribution in [0.5, 0.6) is 5.75 Å². The zero-order valence-corrected chi connectivity index (χ0v) is 20.9. The Hall–Kier alpha value is -3.19. The fourth-order valence-corrected chi connectivity index (χ4v) is 6.76. The highest BCUT2D eigenvalue weighted by molar-refractivity contribution is 6.09. The monoisotopic (exact) mass is 490 g/mol. The van der Waals surface area contributed by atoms with Gasteiger partial charge in [0.2, 0.25) is 11.8 Å². The van der Waals surface area contributed by atoms with E-state index in [-0.39, 0.29) is 24.1 Å². The maximum absolute atomic E-state index is 13.9. The van der Waals surface area contributed by atoms with Gasteiger partial charge in [0.1, 0.15) is 11.3 Å². The highest BCUT2D eigenvalue weighted by Crippen LogP contribution is 2.52. The summed E-state index contributed by atoms with van der Waals surface area (Å²) in [5, 5.41) is 24.3. The molecule has 7 nitrogen and oxygen atoms in total. The van der Waals surface area contributed by atoms with Gasteiger partial charge in [-0.3, -0.25) is 24.6 Å². The molecule has 3 N–H and O–H groups in total. The summed E-state index contributed by atoms with van der Waals surface area (Å²) in [7, 11) is 0. The molecule has 2 heterocycles. The van der Waals surface area contributed by atoms with Crippen LogP contribution in [0.2, 0.25) is 0 Å². The van der Waals surface area contributed by atoms with Gasteiger partial charge in [-0.2, -0.15) is 0 Å². The van der Waals surface area contributed by atoms with Gasteiger partial charge in [-0.25, -0.2) is 0 Å². The number of aryl methyl sites for hydroxylation is 2. The number of fused-ring (bicyclic) bond motifs is 1. The first kappa shape index (κ1) is 24.5. The van der Waals surface area contributed by atoms with Crippen LogP contribution >= 0.6 is 0 Å². The van der Waals surface area contributed by atoms with E-state index in [9.17, 15) is 24.6 Å². The topological polar surface area (TPSA) is 107 Å². The van der Waals surface area contributed by atoms with Crippen LogP contribution in [0.3, 0.4) is 0 Å². The summed E-state index contributed by atoms with van der Waals surface area (Å²) in [6, 6.07) is 12.3. The number of carboxylic acid groups (broad SMARTS) is 1. The van der Waals surface area contributed by atoms with Crippen molar-refractivity contribution in [2.24, 2.45) is 17.8 Å². The van der Waals surface area contributed by atoms with Crippen LogP contribution in [0.1, 0.15) is 66.8 Å². The summed E-state index contributed by atoms with van der Waals surface area (Å²) in [6.45, 7) is 3.70. The van der Waals surface area contributed by atoms with E-state index in [4.69, 9.17) is 0 Å². The summed E-state index contributed by atoms with van der Waals surface area (Å²) in [5.74, 6) is -3.23. The van der Waals surface area contributed by atoms with E-state index in [0.717, 1.165) is 43.2 Å². The molecule has 1 aliphatic carbocycles. The minimum Gasteiger partial charge on any atom is -0.507 e. The molecule has 2 amide bonds. The second-order valence-corrected chi connectivity index (χ2v) is 10.9. The fourth-order valence-electron chi connectivity index (χ4n) is 6.76. The van der Waals surface area contributed by atoms with E-state index >= 15 is 0 Å². The van der Waals surface area contributed by atoms with Crippen molar-refractivity contribution in [3.05, 3.63) is 64.7 Å². The lowest BCUT2D eigenvalue weighted by Gasteiger charge is -2.35. The van der Waals surface area contributed by atoms with Crippen LogP contribution in [0.25, 0.3) is 0 Å². The smallest absolute Gasteiger partial charge is 0.324 e. The number of nitrogens with one attached hydrogen (secondary N) is 1. The number of amides is 2. The molecule has 7 heteroatoms. The third kappa shape index (κ3) is 3.99. The Labute approximate surface area is 211 Å². The van der Waals surface area contributed by atoms with E-state index in [1.807, 2.05) is 30.3 Å². The predicted octanol–water partition coefficient (Wildman–Crippen LogP) is 4.25. The molecule has 3 fully saturated rings. The number of carbonyl (C=O) groups excluding carboxylic acids is 2. The van der Waals surface area contributed by atoms with E-state index in [2.05, 4.69) is 5.32 Å². The van der Waals surface area contributed by atoms with Gasteiger partial charge in [-0.05, 0) is 48.4 Å². The zero-order valence-electron chi connectivity index (χ0n) is 20.9. The number of benzene rings is 2. The number of phenolic OH excluding ortho intramolecular Hbond substituents is 1. The maximum Gasteiger partial charge on any atom is 0.324 e. The van der Waals surface area contributed by atoms with Gasteiger partial charge < -0.3 is 10.2 Å². The van der Waals surface area contributed by atoms with Crippen LogP contribution in [-0.2, 0) is 20.9 Å². The number of carboxylic acids is 1. The molecule has 4 atom stereocenters. The summed E-state index contributed by atoms with van der Waals surface area (Å²) < 4.78 is 0. The number of hydrogen-bond acceptors (Lipinski definition) is 5. The quantitative estimate of drug-likeness (QED) is 0.523. The number of carbonyl (C=O) groups is 3. The van der Waals surface area contributed by atoms with Crippen molar-refractivity contribution in [1.29, 1.82) is 0 Å². The van der Waals surface area contributed by atoms with Gasteiger partial charge in [0.15, 0.2) is 0 Å². The van der Waals surface area contributed by atoms with Crippen LogP contribution in [0.15, 0.2) is 42.5 Å². The minimum atomic E-state index is -1.52. The number of nitrogens with zero attached hydrogens (tertiary/aromatic N) is 1. The third-order valence-electron chi connectivity index (χ3n) is 8.52. The Balaban J connectivity index is 1.59. The van der Waals surface area contributed by atoms with Gasteiger partial charge in [0.05, 0.1) is 18.4 Å². The number of aromatic hydroxyl groups is 1. The second kappa shape index (κ2) is 9.36. The van der Waals surface area contributed by atoms with Crippen LogP contribution in [0.4, 0.5) is 0 Å². The number of rotatable bonds is 6. The Morgan fingerprint density at radius 2 is 1.67 bits per heavy atom. The maximum atomic E-state index is 13.9. The molecule has 5 rings (SSSR count). The van der Waals surface area contributed by atoms with Crippen molar-refractivity contribution in [3.63, 3.8) is 0 Å². The summed E-state index contributed by atoms with van der Waals surface area (Å²) in [6.07, 6.45) is 5.46. The molecule has 0 spiro atoms. The SMILES string of the molecule is Cc1cc(C2NC(CC3CCCCC3)(C(=O)O)C3C(=O)N(Cc4ccccc4)C(=O)C23)cc(C)c1O. The molecule has 2 aliphatic heterocycles. The largest absolute Gasteiger partial charge is 0.507 e. The van der Waals surface area contributed by atoms with Crippen LogP contribution in [0, 0.1) is 31.6 Å². The van der Waals surface area contributed by atoms with Gasteiger partial charge in [-0.15, -0.1) is 0 Å². The average Bonchev–Trinajstić information content (AvgIpc) is 3.33. The van der Waals surface area contributed by atoms with Crippen molar-refractivity contribution >= 4 is 17.8 Å². The first-order valence-electron chi connectivity index (χ1n) is 12.9. The van der Waals surface area contributed by atoms with E-state index in [0.29, 0.717) is 17.5 Å². The standard InChI is InChI=1S/C29H34N2O5/c1-17-13-21(14-18(2)25(17)32)24-22-23(27(34)31(26(22)33)16-20-11-7-4-8-12-20)29(30-24,28(35)36)15-19-9-5-3-6-10-19/h4,7-8,11-14,19,22-24,30,32H,3,5-6,9-10,15-16H2,1-2H3,(H,35,36). The molecule has 3 aliphatic rings. The lowest BCUT2D eigenvalue weighted by atomic mass is 9.72. The highest BCUT2D eigenvalue weighted by Gasteiger charge is 2.68. The lowest BCUT2D eigenvalue weighted by molar-refractivity contribution is -0.152. The van der Waals surface area contributed by atoms with Gasteiger partial charge >= 0.3 is 5.97 Å². The van der Waals surface area contributed by atoms with E-state index in [1.165, 1.54) is 4.90 Å². The highest BCUT2D eigenvalue weighted by atomic mass is 16.4. The van der Waals surface area contributed by atoms with Gasteiger partial charge in [-0.1, -0.05) is 74.6 Å². The molecule has 36 heavy (non-hydrogen) atoms. The number of imide groups is 1. The minimum absolute atomic E-state index is 0.130. The normalized spacial score (nSPS) is 28.5. The number of phenols is 1. The molecule has 0 bridgehead atoms. The first-order chi connectivity index (χ1) is 17.2. The zero-order chi connectivity index (χ0) is 25.6. The fraction of sp³-hybridized carbons (Fsp3) is 0.483. The lowest BCUT2D eigenvalue weighted by Crippen LogP contribution is -2.56. The first-order valence-corrected chi connectivity index (χ1v) is 12.9. The molecule has 0 aromatic heterocycles. The van der Waals surface area contributed by atoms with Crippen molar-refractivity contribution in [1.82, 2.24) is 10.2 Å². The Morgan fingerprint density at radius 3 is 2.28 bits per heavy atom. The van der Waals surface area contributed by atoms with Crippen molar-refractivity contribution in [2.45, 2.75) is 70.5 Å².